The Balaban J connectivity index is 0.00000338. The van der Waals surface area contributed by atoms with Crippen molar-refractivity contribution in [2.24, 2.45) is 18.0 Å². The van der Waals surface area contributed by atoms with Gasteiger partial charge in [-0.15, -0.1) is 24.0 Å². The van der Waals surface area contributed by atoms with Crippen LogP contribution in [0.15, 0.2) is 21.7 Å². The zero-order chi connectivity index (χ0) is 18.2. The Hall–Kier alpha value is -0.320. The van der Waals surface area contributed by atoms with Gasteiger partial charge >= 0.3 is 0 Å². The highest BCUT2D eigenvalue weighted by atomic mass is 127. The summed E-state index contributed by atoms with van der Waals surface area (Å²) in [6, 6.07) is 2.15. The summed E-state index contributed by atoms with van der Waals surface area (Å²) in [5.41, 5.74) is 1.25. The maximum atomic E-state index is 5.42. The van der Waals surface area contributed by atoms with Crippen LogP contribution in [-0.4, -0.2) is 73.3 Å². The molecule has 1 aliphatic rings. The first-order valence-electron chi connectivity index (χ1n) is 9.10. The molecule has 6 nitrogen and oxygen atoms in total. The van der Waals surface area contributed by atoms with E-state index in [9.17, 15) is 0 Å². The molecule has 26 heavy (non-hydrogen) atoms. The average Bonchev–Trinajstić information content (AvgIpc) is 2.89. The first kappa shape index (κ1) is 23.7. The topological polar surface area (TPSA) is 45.0 Å². The number of morpholine rings is 1. The minimum absolute atomic E-state index is 0. The maximum Gasteiger partial charge on any atom is 0.194 e. The molecule has 1 unspecified atom stereocenters. The van der Waals surface area contributed by atoms with Crippen molar-refractivity contribution in [3.05, 3.63) is 22.4 Å². The number of nitrogens with zero attached hydrogens (tertiary/aromatic N) is 4. The molecule has 1 fully saturated rings. The smallest absolute Gasteiger partial charge is 0.194 e. The molecule has 0 radical (unpaired) electrons. The molecule has 1 aromatic heterocycles. The molecule has 0 saturated carbocycles. The van der Waals surface area contributed by atoms with Crippen LogP contribution in [0.4, 0.5) is 0 Å². The molecule has 0 aromatic carbocycles. The molecule has 8 heteroatoms. The molecule has 1 saturated heterocycles. The Morgan fingerprint density at radius 1 is 1.42 bits per heavy atom. The highest BCUT2D eigenvalue weighted by Crippen LogP contribution is 2.15. The van der Waals surface area contributed by atoms with Crippen LogP contribution in [0.1, 0.15) is 19.5 Å². The van der Waals surface area contributed by atoms with E-state index in [1.165, 1.54) is 5.69 Å². The maximum absolute atomic E-state index is 5.42. The summed E-state index contributed by atoms with van der Waals surface area (Å²) in [4.78, 5) is 9.53. The lowest BCUT2D eigenvalue weighted by Gasteiger charge is -2.29. The zero-order valence-electron chi connectivity index (χ0n) is 16.4. The van der Waals surface area contributed by atoms with Crippen molar-refractivity contribution in [1.82, 2.24) is 19.7 Å². The van der Waals surface area contributed by atoms with Gasteiger partial charge in [-0.25, -0.2) is 0 Å². The lowest BCUT2D eigenvalue weighted by molar-refractivity contribution is 0.0323. The van der Waals surface area contributed by atoms with Gasteiger partial charge in [0.25, 0.3) is 0 Å². The van der Waals surface area contributed by atoms with Gasteiger partial charge in [0, 0.05) is 63.2 Å². The highest BCUT2D eigenvalue weighted by molar-refractivity contribution is 14.0. The van der Waals surface area contributed by atoms with Crippen molar-refractivity contribution < 1.29 is 4.74 Å². The molecule has 1 aromatic rings. The number of aryl methyl sites for hydroxylation is 1. The molecular weight excluding hydrogens is 509 g/mol. The van der Waals surface area contributed by atoms with Crippen molar-refractivity contribution in [3.8, 4) is 0 Å². The quantitative estimate of drug-likeness (QED) is 0.327. The third kappa shape index (κ3) is 7.74. The first-order valence-corrected chi connectivity index (χ1v) is 9.89. The van der Waals surface area contributed by atoms with Crippen LogP contribution in [0.25, 0.3) is 0 Å². The summed E-state index contributed by atoms with van der Waals surface area (Å²) in [5.74, 6) is 1.50. The fraction of sp³-hybridized carbons (Fsp3) is 0.722. The second-order valence-electron chi connectivity index (χ2n) is 6.83. The number of guanidine groups is 1. The minimum Gasteiger partial charge on any atom is -0.379 e. The molecule has 0 aliphatic carbocycles. The van der Waals surface area contributed by atoms with E-state index in [2.05, 4.69) is 75.8 Å². The third-order valence-corrected chi connectivity index (χ3v) is 4.83. The summed E-state index contributed by atoms with van der Waals surface area (Å²) in [6.45, 7) is 11.8. The van der Waals surface area contributed by atoms with Gasteiger partial charge in [0.1, 0.15) is 0 Å². The van der Waals surface area contributed by atoms with E-state index in [1.54, 1.807) is 0 Å². The van der Waals surface area contributed by atoms with E-state index in [1.807, 2.05) is 0 Å². The molecule has 0 spiro atoms. The molecule has 2 heterocycles. The first-order chi connectivity index (χ1) is 12.0. The summed E-state index contributed by atoms with van der Waals surface area (Å²) in [7, 11) is 4.16. The Kier molecular flexibility index (Phi) is 11.1. The summed E-state index contributed by atoms with van der Waals surface area (Å²) in [6.07, 6.45) is 2.08. The number of rotatable bonds is 7. The van der Waals surface area contributed by atoms with Gasteiger partial charge in [-0.05, 0) is 34.8 Å². The van der Waals surface area contributed by atoms with Gasteiger partial charge in [0.05, 0.1) is 19.8 Å². The Labute approximate surface area is 183 Å². The summed E-state index contributed by atoms with van der Waals surface area (Å²) < 4.78 is 8.67. The fourth-order valence-corrected chi connectivity index (χ4v) is 3.61. The summed E-state index contributed by atoms with van der Waals surface area (Å²) >= 11 is 3.54. The molecule has 2 rings (SSSR count). The van der Waals surface area contributed by atoms with Crippen LogP contribution in [0.3, 0.4) is 0 Å². The highest BCUT2D eigenvalue weighted by Gasteiger charge is 2.14. The molecule has 1 N–H and O–H groups in total. The number of halogens is 2. The number of ether oxygens (including phenoxy) is 1. The van der Waals surface area contributed by atoms with Crippen LogP contribution >= 0.6 is 39.9 Å². The van der Waals surface area contributed by atoms with Crippen LogP contribution in [0.2, 0.25) is 0 Å². The Bertz CT molecular complexity index is 560. The molecule has 150 valence electrons. The SMILES string of the molecule is CCNC(=NCC(C)CN1CCOCC1)N(C)Cc1cc(Br)cn1C.I. The number of hydrogen-bond donors (Lipinski definition) is 1. The second kappa shape index (κ2) is 12.2. The molecular formula is C18H33BrIN5O. The van der Waals surface area contributed by atoms with Gasteiger partial charge in [0.15, 0.2) is 5.96 Å². The van der Waals surface area contributed by atoms with Crippen LogP contribution in [-0.2, 0) is 18.3 Å². The lowest BCUT2D eigenvalue weighted by atomic mass is 10.1. The fourth-order valence-electron chi connectivity index (χ4n) is 3.04. The van der Waals surface area contributed by atoms with Crippen LogP contribution < -0.4 is 5.32 Å². The number of nitrogens with one attached hydrogen (secondary N) is 1. The van der Waals surface area contributed by atoms with Crippen LogP contribution in [0, 0.1) is 5.92 Å². The average molecular weight is 542 g/mol. The number of aromatic nitrogens is 1. The Morgan fingerprint density at radius 2 is 2.12 bits per heavy atom. The van der Waals surface area contributed by atoms with Gasteiger partial charge in [0.2, 0.25) is 0 Å². The molecule has 0 bridgehead atoms. The van der Waals surface area contributed by atoms with Crippen molar-refractivity contribution in [2.45, 2.75) is 20.4 Å². The van der Waals surface area contributed by atoms with Crippen molar-refractivity contribution in [1.29, 1.82) is 0 Å². The van der Waals surface area contributed by atoms with Crippen molar-refractivity contribution in [3.63, 3.8) is 0 Å². The van der Waals surface area contributed by atoms with E-state index < -0.39 is 0 Å². The minimum atomic E-state index is 0. The molecule has 1 aliphatic heterocycles. The summed E-state index contributed by atoms with van der Waals surface area (Å²) in [5, 5.41) is 3.41. The van der Waals surface area contributed by atoms with Crippen molar-refractivity contribution in [2.75, 3.05) is 53.0 Å². The van der Waals surface area contributed by atoms with Crippen molar-refractivity contribution >= 4 is 45.9 Å². The number of aliphatic imine (C=N–C) groups is 1. The molecule has 1 atom stereocenters. The number of hydrogen-bond acceptors (Lipinski definition) is 3. The monoisotopic (exact) mass is 541 g/mol. The molecule has 0 amide bonds. The normalized spacial score (nSPS) is 16.9. The third-order valence-electron chi connectivity index (χ3n) is 4.40. The van der Waals surface area contributed by atoms with E-state index in [-0.39, 0.29) is 24.0 Å². The van der Waals surface area contributed by atoms with E-state index in [0.29, 0.717) is 5.92 Å². The Morgan fingerprint density at radius 3 is 2.69 bits per heavy atom. The van der Waals surface area contributed by atoms with E-state index >= 15 is 0 Å². The van der Waals surface area contributed by atoms with E-state index in [4.69, 9.17) is 9.73 Å². The zero-order valence-corrected chi connectivity index (χ0v) is 20.3. The largest absolute Gasteiger partial charge is 0.379 e. The predicted octanol–water partition coefficient (Wildman–Crippen LogP) is 2.77. The second-order valence-corrected chi connectivity index (χ2v) is 7.75. The van der Waals surface area contributed by atoms with Gasteiger partial charge < -0.3 is 19.5 Å². The van der Waals surface area contributed by atoms with E-state index in [0.717, 1.165) is 62.9 Å². The standard InChI is InChI=1S/C18H32BrN5O.HI/c1-5-20-18(23(4)14-17-10-16(19)13-22(17)3)21-11-15(2)12-24-6-8-25-9-7-24;/h10,13,15H,5-9,11-12,14H2,1-4H3,(H,20,21);1H. The predicted molar refractivity (Wildman–Crippen MR) is 122 cm³/mol. The lowest BCUT2D eigenvalue weighted by Crippen LogP contribution is -2.41. The van der Waals surface area contributed by atoms with Crippen LogP contribution in [0.5, 0.6) is 0 Å². The van der Waals surface area contributed by atoms with Gasteiger partial charge in [-0.1, -0.05) is 6.92 Å². The van der Waals surface area contributed by atoms with Gasteiger partial charge in [-0.2, -0.15) is 0 Å². The van der Waals surface area contributed by atoms with Gasteiger partial charge in [-0.3, -0.25) is 9.89 Å².